The molecule has 3 aromatic carbocycles. The van der Waals surface area contributed by atoms with Crippen LogP contribution < -0.4 is 9.62 Å². The Morgan fingerprint density at radius 3 is 2.23 bits per heavy atom. The molecule has 7 heteroatoms. The molecule has 0 unspecified atom stereocenters. The highest BCUT2D eigenvalue weighted by Gasteiger charge is 2.27. The quantitative estimate of drug-likeness (QED) is 0.577. The number of amides is 1. The number of hydrogen-bond acceptors (Lipinski definition) is 3. The van der Waals surface area contributed by atoms with E-state index in [1.807, 2.05) is 26.8 Å². The minimum atomic E-state index is -3.94. The molecule has 0 saturated heterocycles. The topological polar surface area (TPSA) is 66.5 Å². The first kappa shape index (κ1) is 21.9. The van der Waals surface area contributed by atoms with E-state index in [1.54, 1.807) is 48.5 Å². The lowest BCUT2D eigenvalue weighted by molar-refractivity contribution is -0.114. The fourth-order valence-electron chi connectivity index (χ4n) is 3.00. The summed E-state index contributed by atoms with van der Waals surface area (Å²) >= 11 is 5.97. The third-order valence-corrected chi connectivity index (χ3v) is 6.88. The molecule has 1 amide bonds. The standard InChI is InChI=1S/C23H23ClN2O3S/c1-16-9-11-20(14-17(16)2)26(30(28,29)21-7-5-4-6-8-21)15-23(27)25-22-12-10-19(24)13-18(22)3/h4-14H,15H2,1-3H3,(H,25,27). The summed E-state index contributed by atoms with van der Waals surface area (Å²) in [6.45, 7) is 5.32. The van der Waals surface area contributed by atoms with Crippen molar-refractivity contribution in [3.63, 3.8) is 0 Å². The molecule has 3 aromatic rings. The number of aryl methyl sites for hydroxylation is 3. The molecule has 0 atom stereocenters. The summed E-state index contributed by atoms with van der Waals surface area (Å²) in [4.78, 5) is 12.9. The van der Waals surface area contributed by atoms with Crippen molar-refractivity contribution in [2.75, 3.05) is 16.2 Å². The fraction of sp³-hybridized carbons (Fsp3) is 0.174. The smallest absolute Gasteiger partial charge is 0.264 e. The zero-order valence-corrected chi connectivity index (χ0v) is 18.6. The highest BCUT2D eigenvalue weighted by Crippen LogP contribution is 2.26. The molecule has 0 heterocycles. The van der Waals surface area contributed by atoms with E-state index in [4.69, 9.17) is 11.6 Å². The number of sulfonamides is 1. The number of nitrogens with zero attached hydrogens (tertiary/aromatic N) is 1. The summed E-state index contributed by atoms with van der Waals surface area (Å²) < 4.78 is 27.8. The molecule has 0 radical (unpaired) electrons. The molecule has 0 aliphatic heterocycles. The highest BCUT2D eigenvalue weighted by molar-refractivity contribution is 7.92. The van der Waals surface area contributed by atoms with Gasteiger partial charge in [0.1, 0.15) is 6.54 Å². The number of rotatable bonds is 6. The van der Waals surface area contributed by atoms with E-state index >= 15 is 0 Å². The van der Waals surface area contributed by atoms with E-state index in [-0.39, 0.29) is 11.4 Å². The van der Waals surface area contributed by atoms with E-state index in [9.17, 15) is 13.2 Å². The first-order valence-corrected chi connectivity index (χ1v) is 11.2. The van der Waals surface area contributed by atoms with Gasteiger partial charge < -0.3 is 5.32 Å². The van der Waals surface area contributed by atoms with Crippen LogP contribution in [0.3, 0.4) is 0 Å². The normalized spacial score (nSPS) is 11.2. The Morgan fingerprint density at radius 1 is 0.900 bits per heavy atom. The van der Waals surface area contributed by atoms with E-state index in [0.717, 1.165) is 21.0 Å². The molecule has 0 aliphatic carbocycles. The van der Waals surface area contributed by atoms with E-state index in [1.165, 1.54) is 12.1 Å². The van der Waals surface area contributed by atoms with Crippen molar-refractivity contribution in [3.8, 4) is 0 Å². The zero-order chi connectivity index (χ0) is 21.9. The molecule has 0 fully saturated rings. The van der Waals surface area contributed by atoms with Gasteiger partial charge in [-0.3, -0.25) is 9.10 Å². The second kappa shape index (κ2) is 8.90. The van der Waals surface area contributed by atoms with E-state index in [0.29, 0.717) is 16.4 Å². The predicted molar refractivity (Wildman–Crippen MR) is 122 cm³/mol. The van der Waals surface area contributed by atoms with Gasteiger partial charge >= 0.3 is 0 Å². The first-order valence-electron chi connectivity index (χ1n) is 9.39. The van der Waals surface area contributed by atoms with Crippen LogP contribution >= 0.6 is 11.6 Å². The van der Waals surface area contributed by atoms with Gasteiger partial charge in [-0.05, 0) is 79.9 Å². The van der Waals surface area contributed by atoms with Gasteiger partial charge in [-0.25, -0.2) is 8.42 Å². The van der Waals surface area contributed by atoms with Gasteiger partial charge in [0, 0.05) is 10.7 Å². The van der Waals surface area contributed by atoms with Crippen LogP contribution in [0.1, 0.15) is 16.7 Å². The molecular weight excluding hydrogens is 420 g/mol. The highest BCUT2D eigenvalue weighted by atomic mass is 35.5. The van der Waals surface area contributed by atoms with Crippen LogP contribution in [0.4, 0.5) is 11.4 Å². The third-order valence-electron chi connectivity index (χ3n) is 4.86. The van der Waals surface area contributed by atoms with Crippen molar-refractivity contribution in [3.05, 3.63) is 88.4 Å². The van der Waals surface area contributed by atoms with Crippen LogP contribution in [-0.4, -0.2) is 20.9 Å². The maximum Gasteiger partial charge on any atom is 0.264 e. The molecule has 30 heavy (non-hydrogen) atoms. The Hall–Kier alpha value is -2.83. The number of anilines is 2. The molecule has 0 aliphatic rings. The summed E-state index contributed by atoms with van der Waals surface area (Å²) in [5.41, 5.74) is 3.79. The average molecular weight is 443 g/mol. The molecule has 5 nitrogen and oxygen atoms in total. The van der Waals surface area contributed by atoms with Crippen LogP contribution in [-0.2, 0) is 14.8 Å². The molecule has 0 aromatic heterocycles. The summed E-state index contributed by atoms with van der Waals surface area (Å²) in [5, 5.41) is 3.35. The van der Waals surface area contributed by atoms with Crippen LogP contribution in [0.15, 0.2) is 71.6 Å². The van der Waals surface area contributed by atoms with Gasteiger partial charge in [-0.15, -0.1) is 0 Å². The van der Waals surface area contributed by atoms with Crippen molar-refractivity contribution in [1.29, 1.82) is 0 Å². The van der Waals surface area contributed by atoms with Crippen molar-refractivity contribution in [2.24, 2.45) is 0 Å². The second-order valence-electron chi connectivity index (χ2n) is 7.10. The lowest BCUT2D eigenvalue weighted by Gasteiger charge is -2.25. The van der Waals surface area contributed by atoms with Gasteiger partial charge in [0.05, 0.1) is 10.6 Å². The van der Waals surface area contributed by atoms with E-state index in [2.05, 4.69) is 5.32 Å². The van der Waals surface area contributed by atoms with Gasteiger partial charge in [-0.2, -0.15) is 0 Å². The Morgan fingerprint density at radius 2 is 1.60 bits per heavy atom. The SMILES string of the molecule is Cc1ccc(N(CC(=O)Nc2ccc(Cl)cc2C)S(=O)(=O)c2ccccc2)cc1C. The van der Waals surface area contributed by atoms with Crippen molar-refractivity contribution >= 4 is 38.9 Å². The Kier molecular flexibility index (Phi) is 6.48. The Labute approximate surface area is 182 Å². The van der Waals surface area contributed by atoms with Gasteiger partial charge in [0.15, 0.2) is 0 Å². The number of carbonyl (C=O) groups excluding carboxylic acids is 1. The van der Waals surface area contributed by atoms with Crippen LogP contribution in [0.5, 0.6) is 0 Å². The maximum atomic E-state index is 13.4. The third kappa shape index (κ3) is 4.83. The zero-order valence-electron chi connectivity index (χ0n) is 17.0. The fourth-order valence-corrected chi connectivity index (χ4v) is 4.66. The molecule has 0 saturated carbocycles. The first-order chi connectivity index (χ1) is 14.2. The summed E-state index contributed by atoms with van der Waals surface area (Å²) in [6.07, 6.45) is 0. The van der Waals surface area contributed by atoms with Crippen molar-refractivity contribution < 1.29 is 13.2 Å². The molecule has 0 spiro atoms. The van der Waals surface area contributed by atoms with Crippen molar-refractivity contribution in [2.45, 2.75) is 25.7 Å². The van der Waals surface area contributed by atoms with Crippen LogP contribution in [0.2, 0.25) is 5.02 Å². The second-order valence-corrected chi connectivity index (χ2v) is 9.40. The average Bonchev–Trinajstić information content (AvgIpc) is 2.71. The van der Waals surface area contributed by atoms with Gasteiger partial charge in [0.25, 0.3) is 10.0 Å². The number of halogens is 1. The molecule has 0 bridgehead atoms. The monoisotopic (exact) mass is 442 g/mol. The minimum Gasteiger partial charge on any atom is -0.324 e. The molecule has 156 valence electrons. The largest absolute Gasteiger partial charge is 0.324 e. The summed E-state index contributed by atoms with van der Waals surface area (Å²) in [5.74, 6) is -0.446. The number of nitrogens with one attached hydrogen (secondary N) is 1. The summed E-state index contributed by atoms with van der Waals surface area (Å²) in [6, 6.07) is 18.5. The lowest BCUT2D eigenvalue weighted by atomic mass is 10.1. The predicted octanol–water partition coefficient (Wildman–Crippen LogP) is 5.10. The number of hydrogen-bond donors (Lipinski definition) is 1. The van der Waals surface area contributed by atoms with Gasteiger partial charge in [-0.1, -0.05) is 35.9 Å². The van der Waals surface area contributed by atoms with Gasteiger partial charge in [0.2, 0.25) is 5.91 Å². The minimum absolute atomic E-state index is 0.124. The van der Waals surface area contributed by atoms with Crippen molar-refractivity contribution in [1.82, 2.24) is 0 Å². The maximum absolute atomic E-state index is 13.4. The number of carbonyl (C=O) groups is 1. The molecule has 3 rings (SSSR count). The Balaban J connectivity index is 1.97. The van der Waals surface area contributed by atoms with Crippen LogP contribution in [0, 0.1) is 20.8 Å². The lowest BCUT2D eigenvalue weighted by Crippen LogP contribution is -2.38. The molecule has 1 N–H and O–H groups in total. The summed E-state index contributed by atoms with van der Waals surface area (Å²) in [7, 11) is -3.94. The van der Waals surface area contributed by atoms with E-state index < -0.39 is 15.9 Å². The van der Waals surface area contributed by atoms with Crippen LogP contribution in [0.25, 0.3) is 0 Å². The molecular formula is C23H23ClN2O3S. The number of benzene rings is 3. The Bertz CT molecular complexity index is 1180.